The van der Waals surface area contributed by atoms with Crippen LogP contribution in [0.2, 0.25) is 0 Å². The third-order valence-corrected chi connectivity index (χ3v) is 4.63. The molecule has 0 amide bonds. The molecule has 4 nitrogen and oxygen atoms in total. The lowest BCUT2D eigenvalue weighted by molar-refractivity contribution is 0.247. The number of nitrogens with one attached hydrogen (secondary N) is 2. The van der Waals surface area contributed by atoms with E-state index >= 15 is 0 Å². The number of nitrogens with zero attached hydrogens (tertiary/aromatic N) is 2. The van der Waals surface area contributed by atoms with Crippen LogP contribution in [-0.4, -0.2) is 43.1 Å². The Kier molecular flexibility index (Phi) is 6.90. The molecule has 0 saturated heterocycles. The van der Waals surface area contributed by atoms with Crippen molar-refractivity contribution in [1.29, 1.82) is 0 Å². The molecule has 2 N–H and O–H groups in total. The lowest BCUT2D eigenvalue weighted by atomic mass is 10.1. The van der Waals surface area contributed by atoms with E-state index in [9.17, 15) is 0 Å². The van der Waals surface area contributed by atoms with Crippen LogP contribution in [0, 0.1) is 0 Å². The van der Waals surface area contributed by atoms with Crippen LogP contribution < -0.4 is 10.6 Å². The zero-order valence-electron chi connectivity index (χ0n) is 15.1. The van der Waals surface area contributed by atoms with Gasteiger partial charge in [0.2, 0.25) is 0 Å². The summed E-state index contributed by atoms with van der Waals surface area (Å²) < 4.78 is 0. The maximum Gasteiger partial charge on any atom is 0.191 e. The summed E-state index contributed by atoms with van der Waals surface area (Å²) in [6.07, 6.45) is 3.75. The molecule has 1 saturated carbocycles. The van der Waals surface area contributed by atoms with Crippen molar-refractivity contribution in [1.82, 2.24) is 15.5 Å². The first-order chi connectivity index (χ1) is 11.2. The van der Waals surface area contributed by atoms with Crippen molar-refractivity contribution in [3.05, 3.63) is 35.4 Å². The number of aryl methyl sites for hydroxylation is 1. The highest BCUT2D eigenvalue weighted by Crippen LogP contribution is 2.26. The molecule has 0 spiro atoms. The molecular formula is C19H32N4. The predicted octanol–water partition coefficient (Wildman–Crippen LogP) is 2.79. The molecule has 128 valence electrons. The summed E-state index contributed by atoms with van der Waals surface area (Å²) in [5.74, 6) is 0.912. The van der Waals surface area contributed by atoms with E-state index in [1.165, 1.54) is 24.0 Å². The van der Waals surface area contributed by atoms with E-state index in [0.29, 0.717) is 6.04 Å². The van der Waals surface area contributed by atoms with Gasteiger partial charge in [0.1, 0.15) is 0 Å². The average Bonchev–Trinajstić information content (AvgIpc) is 3.41. The molecule has 0 aromatic heterocycles. The summed E-state index contributed by atoms with van der Waals surface area (Å²) in [7, 11) is 2.23. The quantitative estimate of drug-likeness (QED) is 0.572. The molecule has 1 aliphatic carbocycles. The van der Waals surface area contributed by atoms with Gasteiger partial charge in [-0.2, -0.15) is 0 Å². The number of hydrogen-bond donors (Lipinski definition) is 2. The Morgan fingerprint density at radius 2 is 1.91 bits per heavy atom. The number of hydrogen-bond acceptors (Lipinski definition) is 2. The van der Waals surface area contributed by atoms with Crippen LogP contribution in [0.15, 0.2) is 29.3 Å². The molecule has 4 heteroatoms. The Morgan fingerprint density at radius 3 is 2.52 bits per heavy atom. The van der Waals surface area contributed by atoms with E-state index in [4.69, 9.17) is 4.99 Å². The smallest absolute Gasteiger partial charge is 0.191 e. The lowest BCUT2D eigenvalue weighted by Gasteiger charge is -2.25. The van der Waals surface area contributed by atoms with E-state index in [2.05, 4.69) is 67.6 Å². The number of guanidine groups is 1. The van der Waals surface area contributed by atoms with Crippen LogP contribution in [0.5, 0.6) is 0 Å². The van der Waals surface area contributed by atoms with Crippen molar-refractivity contribution in [2.45, 2.75) is 58.7 Å². The maximum atomic E-state index is 4.76. The Bertz CT molecular complexity index is 508. The molecule has 1 fully saturated rings. The van der Waals surface area contributed by atoms with Gasteiger partial charge in [0.05, 0.1) is 6.54 Å². The summed E-state index contributed by atoms with van der Waals surface area (Å²) >= 11 is 0. The largest absolute Gasteiger partial charge is 0.357 e. The van der Waals surface area contributed by atoms with Crippen LogP contribution in [0.25, 0.3) is 0 Å². The second kappa shape index (κ2) is 8.92. The fourth-order valence-electron chi connectivity index (χ4n) is 2.79. The normalized spacial score (nSPS) is 16.5. The second-order valence-corrected chi connectivity index (χ2v) is 6.44. The second-order valence-electron chi connectivity index (χ2n) is 6.44. The molecule has 0 radical (unpaired) electrons. The summed E-state index contributed by atoms with van der Waals surface area (Å²) in [6.45, 7) is 9.12. The SMILES string of the molecule is CCNC(=NCc1ccccc1CC)NCC(C)N(C)C1CC1. The summed E-state index contributed by atoms with van der Waals surface area (Å²) in [5.41, 5.74) is 2.70. The van der Waals surface area contributed by atoms with Crippen molar-refractivity contribution in [3.63, 3.8) is 0 Å². The zero-order valence-corrected chi connectivity index (χ0v) is 15.1. The Labute approximate surface area is 141 Å². The third-order valence-electron chi connectivity index (χ3n) is 4.63. The van der Waals surface area contributed by atoms with Gasteiger partial charge in [-0.15, -0.1) is 0 Å². The van der Waals surface area contributed by atoms with Crippen molar-refractivity contribution in [2.24, 2.45) is 4.99 Å². The molecule has 2 rings (SSSR count). The van der Waals surface area contributed by atoms with Gasteiger partial charge in [0, 0.05) is 25.2 Å². The highest BCUT2D eigenvalue weighted by Gasteiger charge is 2.28. The van der Waals surface area contributed by atoms with Gasteiger partial charge in [0.25, 0.3) is 0 Å². The standard InChI is InChI=1S/C19H32N4/c1-5-16-9-7-8-10-17(16)14-22-19(20-6-2)21-13-15(3)23(4)18-11-12-18/h7-10,15,18H,5-6,11-14H2,1-4H3,(H2,20,21,22). The molecule has 1 aliphatic rings. The van der Waals surface area contributed by atoms with Crippen molar-refractivity contribution in [2.75, 3.05) is 20.1 Å². The zero-order chi connectivity index (χ0) is 16.7. The summed E-state index contributed by atoms with van der Waals surface area (Å²) in [4.78, 5) is 7.24. The third kappa shape index (κ3) is 5.54. The molecule has 23 heavy (non-hydrogen) atoms. The van der Waals surface area contributed by atoms with Gasteiger partial charge in [-0.05, 0) is 51.3 Å². The maximum absolute atomic E-state index is 4.76. The van der Waals surface area contributed by atoms with Crippen LogP contribution in [-0.2, 0) is 13.0 Å². The van der Waals surface area contributed by atoms with Gasteiger partial charge < -0.3 is 10.6 Å². The first-order valence-corrected chi connectivity index (χ1v) is 8.96. The number of aliphatic imine (C=N–C) groups is 1. The van der Waals surface area contributed by atoms with Crippen LogP contribution >= 0.6 is 0 Å². The monoisotopic (exact) mass is 316 g/mol. The van der Waals surface area contributed by atoms with E-state index in [1.54, 1.807) is 0 Å². The van der Waals surface area contributed by atoms with Gasteiger partial charge in [-0.25, -0.2) is 4.99 Å². The Hall–Kier alpha value is -1.55. The molecule has 1 aromatic rings. The van der Waals surface area contributed by atoms with Crippen molar-refractivity contribution < 1.29 is 0 Å². The first-order valence-electron chi connectivity index (χ1n) is 8.96. The molecular weight excluding hydrogens is 284 g/mol. The molecule has 0 heterocycles. The first kappa shape index (κ1) is 17.8. The van der Waals surface area contributed by atoms with Crippen LogP contribution in [0.3, 0.4) is 0 Å². The van der Waals surface area contributed by atoms with E-state index in [1.807, 2.05) is 0 Å². The molecule has 1 atom stereocenters. The molecule has 0 aliphatic heterocycles. The lowest BCUT2D eigenvalue weighted by Crippen LogP contribution is -2.45. The highest BCUT2D eigenvalue weighted by atomic mass is 15.2. The molecule has 1 aromatic carbocycles. The number of rotatable bonds is 8. The summed E-state index contributed by atoms with van der Waals surface area (Å²) in [5, 5.41) is 6.84. The summed E-state index contributed by atoms with van der Waals surface area (Å²) in [6, 6.07) is 9.88. The van der Waals surface area contributed by atoms with E-state index in [-0.39, 0.29) is 0 Å². The number of likely N-dealkylation sites (N-methyl/N-ethyl adjacent to an activating group) is 1. The molecule has 1 unspecified atom stereocenters. The van der Waals surface area contributed by atoms with Crippen molar-refractivity contribution in [3.8, 4) is 0 Å². The highest BCUT2D eigenvalue weighted by molar-refractivity contribution is 5.79. The minimum atomic E-state index is 0.522. The van der Waals surface area contributed by atoms with Crippen LogP contribution in [0.1, 0.15) is 44.7 Å². The Balaban J connectivity index is 1.91. The number of benzene rings is 1. The van der Waals surface area contributed by atoms with E-state index in [0.717, 1.165) is 38.1 Å². The minimum Gasteiger partial charge on any atom is -0.357 e. The molecule has 0 bridgehead atoms. The van der Waals surface area contributed by atoms with E-state index < -0.39 is 0 Å². The van der Waals surface area contributed by atoms with Crippen molar-refractivity contribution >= 4 is 5.96 Å². The average molecular weight is 316 g/mol. The van der Waals surface area contributed by atoms with Gasteiger partial charge in [0.15, 0.2) is 5.96 Å². The van der Waals surface area contributed by atoms with Crippen LogP contribution in [0.4, 0.5) is 0 Å². The predicted molar refractivity (Wildman–Crippen MR) is 98.9 cm³/mol. The van der Waals surface area contributed by atoms with Gasteiger partial charge in [-0.1, -0.05) is 31.2 Å². The Morgan fingerprint density at radius 1 is 1.22 bits per heavy atom. The van der Waals surface area contributed by atoms with Gasteiger partial charge in [-0.3, -0.25) is 4.90 Å². The minimum absolute atomic E-state index is 0.522. The van der Waals surface area contributed by atoms with Gasteiger partial charge >= 0.3 is 0 Å². The topological polar surface area (TPSA) is 39.7 Å². The fraction of sp³-hybridized carbons (Fsp3) is 0.632. The fourth-order valence-corrected chi connectivity index (χ4v) is 2.79.